The van der Waals surface area contributed by atoms with E-state index >= 15 is 0 Å². The average molecular weight is 904 g/mol. The van der Waals surface area contributed by atoms with Crippen molar-refractivity contribution >= 4 is 35.1 Å². The third-order valence-corrected chi connectivity index (χ3v) is 16.1. The predicted molar refractivity (Wildman–Crippen MR) is 240 cm³/mol. The van der Waals surface area contributed by atoms with E-state index in [9.17, 15) is 29.7 Å². The second-order valence-corrected chi connectivity index (χ2v) is 20.5. The summed E-state index contributed by atoms with van der Waals surface area (Å²) in [5.74, 6) is -6.20. The Kier molecular flexibility index (Phi) is 15.6. The summed E-state index contributed by atoms with van der Waals surface area (Å²) in [6.45, 7) is 19.6. The summed E-state index contributed by atoms with van der Waals surface area (Å²) >= 11 is 6.10. The number of ketones is 1. The van der Waals surface area contributed by atoms with Gasteiger partial charge in [0, 0.05) is 40.8 Å². The van der Waals surface area contributed by atoms with Crippen LogP contribution in [0.5, 0.6) is 0 Å². The number of aliphatic hydroxyl groups excluding tert-OH is 1. The number of Topliss-reactive ketones (excluding diaryl/α,β-unsaturated/α-hetero) is 1. The first-order valence-electron chi connectivity index (χ1n) is 23.7. The fourth-order valence-electron chi connectivity index (χ4n) is 11.5. The maximum Gasteiger partial charge on any atom is 0.319 e. The number of carboxylic acids is 1. The molecule has 13 nitrogen and oxygen atoms in total. The Bertz CT molecular complexity index is 1800. The van der Waals surface area contributed by atoms with Gasteiger partial charge in [0.25, 0.3) is 0 Å². The molecule has 14 heteroatoms. The van der Waals surface area contributed by atoms with Crippen LogP contribution in [0.3, 0.4) is 0 Å². The number of anilines is 1. The van der Waals surface area contributed by atoms with Gasteiger partial charge < -0.3 is 49.6 Å². The monoisotopic (exact) mass is 903 g/mol. The Morgan fingerprint density at radius 1 is 0.889 bits per heavy atom. The predicted octanol–water partition coefficient (Wildman–Crippen LogP) is 8.67. The summed E-state index contributed by atoms with van der Waals surface area (Å²) in [4.78, 5) is 40.4. The number of aliphatic hydroxyl groups is 2. The molecule has 6 rings (SSSR count). The molecule has 0 radical (unpaired) electrons. The smallest absolute Gasteiger partial charge is 0.319 e. The first-order chi connectivity index (χ1) is 29.6. The van der Waals surface area contributed by atoms with Crippen molar-refractivity contribution in [2.24, 2.45) is 41.4 Å². The first kappa shape index (κ1) is 49.8. The van der Waals surface area contributed by atoms with Crippen LogP contribution in [0.25, 0.3) is 0 Å². The minimum atomic E-state index is -1.39. The molecule has 1 aromatic carbocycles. The van der Waals surface area contributed by atoms with Crippen molar-refractivity contribution < 1.29 is 53.4 Å². The number of benzene rings is 1. The van der Waals surface area contributed by atoms with Crippen molar-refractivity contribution in [1.82, 2.24) is 5.32 Å². The molecule has 4 fully saturated rings. The number of aliphatic carboxylic acids is 1. The van der Waals surface area contributed by atoms with Crippen LogP contribution in [0.15, 0.2) is 36.4 Å². The van der Waals surface area contributed by atoms with Crippen LogP contribution in [0.2, 0.25) is 5.02 Å². The summed E-state index contributed by atoms with van der Waals surface area (Å²) in [5, 5.41) is 39.5. The van der Waals surface area contributed by atoms with Gasteiger partial charge in [0.1, 0.15) is 11.8 Å². The molecule has 5 N–H and O–H groups in total. The molecule has 0 saturated carbocycles. The molecule has 5 heterocycles. The third kappa shape index (κ3) is 10.1. The highest BCUT2D eigenvalue weighted by molar-refractivity contribution is 6.30. The van der Waals surface area contributed by atoms with Crippen LogP contribution in [-0.4, -0.2) is 98.5 Å². The van der Waals surface area contributed by atoms with Crippen molar-refractivity contribution in [3.63, 3.8) is 0 Å². The standard InChI is InChI=1S/C49H75ClN2O11/c1-11-35(44(55)56)37-19-14-27(4)42(60-37)31(8)40(53)30(7)41(54)36(12-2)43-28(5)26-29(6)48(61-43)23-20-38(52-45(57)51-34-17-15-33(50)16-18-34)49(63-48)25-24-46(10,62-49)39-21-22-47(58,13-3)32(9)59-39/h15-18,20,23,27-32,35-40,42-43,53,58H,11-14,19,21-22,24-26H2,1-10H3,(H,55,56)(H2,51,52,57)/t27-,28-,29+,30-,31-,32-,35+,36?,37+,38+,39+,40+,42+,43-,46-,47+,48-,49-/m0/s1. The lowest BCUT2D eigenvalue weighted by molar-refractivity contribution is -0.397. The van der Waals surface area contributed by atoms with E-state index in [0.29, 0.717) is 68.5 Å². The maximum atomic E-state index is 14.7. The van der Waals surface area contributed by atoms with Gasteiger partial charge in [-0.2, -0.15) is 0 Å². The molecular formula is C49H75ClN2O11. The number of carbonyl (C=O) groups excluding carboxylic acids is 2. The number of nitrogens with one attached hydrogen (secondary N) is 2. The summed E-state index contributed by atoms with van der Waals surface area (Å²) in [6.07, 6.45) is 6.22. The summed E-state index contributed by atoms with van der Waals surface area (Å²) in [7, 11) is 0. The molecule has 5 aliphatic rings. The van der Waals surface area contributed by atoms with Crippen molar-refractivity contribution in [3.8, 4) is 0 Å². The van der Waals surface area contributed by atoms with Gasteiger partial charge in [-0.1, -0.05) is 73.1 Å². The Balaban J connectivity index is 1.25. The van der Waals surface area contributed by atoms with Gasteiger partial charge >= 0.3 is 12.0 Å². The summed E-state index contributed by atoms with van der Waals surface area (Å²) in [6, 6.07) is 5.63. The Labute approximate surface area is 379 Å². The number of carbonyl (C=O) groups is 3. The molecule has 354 valence electrons. The zero-order valence-electron chi connectivity index (χ0n) is 39.1. The molecule has 0 aliphatic carbocycles. The summed E-state index contributed by atoms with van der Waals surface area (Å²) in [5.41, 5.74) is -1.20. The van der Waals surface area contributed by atoms with Gasteiger partial charge in [0.2, 0.25) is 0 Å². The molecule has 4 saturated heterocycles. The van der Waals surface area contributed by atoms with Crippen LogP contribution in [-0.2, 0) is 33.3 Å². The number of rotatable bonds is 14. The number of ether oxygens (including phenoxy) is 5. The highest BCUT2D eigenvalue weighted by Crippen LogP contribution is 2.54. The highest BCUT2D eigenvalue weighted by atomic mass is 35.5. The summed E-state index contributed by atoms with van der Waals surface area (Å²) < 4.78 is 34.6. The minimum Gasteiger partial charge on any atom is -0.481 e. The fraction of sp³-hybridized carbons (Fsp3) is 0.776. The van der Waals surface area contributed by atoms with Gasteiger partial charge in [-0.15, -0.1) is 0 Å². The van der Waals surface area contributed by atoms with E-state index in [2.05, 4.69) is 31.4 Å². The molecule has 5 aliphatic heterocycles. The van der Waals surface area contributed by atoms with Crippen molar-refractivity contribution in [2.45, 2.75) is 199 Å². The number of hydrogen-bond donors (Lipinski definition) is 5. The van der Waals surface area contributed by atoms with Crippen LogP contribution in [0.1, 0.15) is 133 Å². The normalized spacial score (nSPS) is 40.5. The van der Waals surface area contributed by atoms with E-state index in [1.807, 2.05) is 53.7 Å². The van der Waals surface area contributed by atoms with E-state index in [-0.39, 0.29) is 29.6 Å². The SMILES string of the molecule is CCC(C(=O)[C@@H](C)[C@@H](O)[C@H](C)[C@@H]1O[C@@H]([C@@H](CC)C(=O)O)CC[C@@H]1C)[C@H]1O[C@]2(C=C[C@@H](NC(=O)Nc3ccc(Cl)cc3)[C@]3(CC[C@@](C)([C@H]4CC[C@](O)(CC)[C@H](C)O4)O3)O2)[C@H](C)C[C@@H]1C. The second kappa shape index (κ2) is 19.7. The number of carboxylic acid groups (broad SMARTS) is 1. The highest BCUT2D eigenvalue weighted by Gasteiger charge is 2.63. The van der Waals surface area contributed by atoms with Crippen LogP contribution in [0, 0.1) is 41.4 Å². The van der Waals surface area contributed by atoms with E-state index in [4.69, 9.17) is 35.3 Å². The lowest BCUT2D eigenvalue weighted by Gasteiger charge is -2.55. The zero-order chi connectivity index (χ0) is 46.2. The number of halogens is 1. The van der Waals surface area contributed by atoms with E-state index in [1.54, 1.807) is 31.2 Å². The van der Waals surface area contributed by atoms with Crippen LogP contribution in [0.4, 0.5) is 10.5 Å². The lowest BCUT2D eigenvalue weighted by atomic mass is 9.72. The second-order valence-electron chi connectivity index (χ2n) is 20.1. The number of amides is 2. The molecule has 18 atom stereocenters. The van der Waals surface area contributed by atoms with Crippen molar-refractivity contribution in [2.75, 3.05) is 5.32 Å². The minimum absolute atomic E-state index is 0.0381. The molecule has 1 aromatic rings. The lowest BCUT2D eigenvalue weighted by Crippen LogP contribution is -2.66. The Morgan fingerprint density at radius 2 is 1.57 bits per heavy atom. The van der Waals surface area contributed by atoms with Gasteiger partial charge in [-0.25, -0.2) is 4.79 Å². The van der Waals surface area contributed by atoms with E-state index in [0.717, 1.165) is 6.42 Å². The topological polar surface area (TPSA) is 182 Å². The van der Waals surface area contributed by atoms with Gasteiger partial charge in [0.15, 0.2) is 11.6 Å². The van der Waals surface area contributed by atoms with E-state index in [1.165, 1.54) is 0 Å². The molecule has 2 spiro atoms. The number of urea groups is 1. The third-order valence-electron chi connectivity index (χ3n) is 15.9. The average Bonchev–Trinajstić information content (AvgIpc) is 3.59. The largest absolute Gasteiger partial charge is 0.481 e. The number of hydrogen-bond acceptors (Lipinski definition) is 10. The Hall–Kier alpha value is -2.62. The van der Waals surface area contributed by atoms with Crippen LogP contribution < -0.4 is 10.6 Å². The molecule has 2 amide bonds. The first-order valence-corrected chi connectivity index (χ1v) is 24.1. The van der Waals surface area contributed by atoms with Crippen molar-refractivity contribution in [1.29, 1.82) is 0 Å². The van der Waals surface area contributed by atoms with Gasteiger partial charge in [0.05, 0.1) is 53.7 Å². The maximum absolute atomic E-state index is 14.7. The molecule has 63 heavy (non-hydrogen) atoms. The van der Waals surface area contributed by atoms with E-state index < -0.39 is 95.0 Å². The van der Waals surface area contributed by atoms with Crippen LogP contribution >= 0.6 is 11.6 Å². The molecule has 1 unspecified atom stereocenters. The molecule has 0 aromatic heterocycles. The molecule has 0 bridgehead atoms. The van der Waals surface area contributed by atoms with Gasteiger partial charge in [-0.3, -0.25) is 9.59 Å². The fourth-order valence-corrected chi connectivity index (χ4v) is 11.6. The Morgan fingerprint density at radius 3 is 2.19 bits per heavy atom. The molecular weight excluding hydrogens is 828 g/mol. The quantitative estimate of drug-likeness (QED) is 0.113. The zero-order valence-corrected chi connectivity index (χ0v) is 39.9. The van der Waals surface area contributed by atoms with Gasteiger partial charge in [-0.05, 0) is 114 Å². The van der Waals surface area contributed by atoms with Crippen molar-refractivity contribution in [3.05, 3.63) is 41.4 Å².